The molecule has 2 atom stereocenters. The highest BCUT2D eigenvalue weighted by molar-refractivity contribution is 5.71. The topological polar surface area (TPSA) is 29.5 Å². The van der Waals surface area contributed by atoms with Crippen molar-refractivity contribution >= 4 is 6.09 Å². The SMILES string of the molecule is CCCN1C(=O)O[C@H](c2ccccc2)[C@@H]1C. The van der Waals surface area contributed by atoms with E-state index in [0.717, 1.165) is 18.5 Å². The monoisotopic (exact) mass is 219 g/mol. The van der Waals surface area contributed by atoms with E-state index in [1.165, 1.54) is 0 Å². The molecule has 0 saturated carbocycles. The first-order valence-electron chi connectivity index (χ1n) is 5.76. The number of cyclic esters (lactones) is 1. The Kier molecular flexibility index (Phi) is 3.13. The number of hydrogen-bond donors (Lipinski definition) is 0. The molecule has 1 aromatic rings. The third-order valence-corrected chi connectivity index (χ3v) is 2.98. The molecule has 1 fully saturated rings. The van der Waals surface area contributed by atoms with E-state index in [4.69, 9.17) is 4.74 Å². The van der Waals surface area contributed by atoms with Crippen LogP contribution in [0.2, 0.25) is 0 Å². The van der Waals surface area contributed by atoms with Gasteiger partial charge in [-0.1, -0.05) is 37.3 Å². The van der Waals surface area contributed by atoms with E-state index in [1.54, 1.807) is 4.90 Å². The third-order valence-electron chi connectivity index (χ3n) is 2.98. The second-order valence-electron chi connectivity index (χ2n) is 4.15. The molecule has 0 unspecified atom stereocenters. The van der Waals surface area contributed by atoms with Crippen molar-refractivity contribution in [1.29, 1.82) is 0 Å². The lowest BCUT2D eigenvalue weighted by atomic mass is 10.0. The third kappa shape index (κ3) is 1.90. The number of carbonyl (C=O) groups excluding carboxylic acids is 1. The normalized spacial score (nSPS) is 24.6. The van der Waals surface area contributed by atoms with Gasteiger partial charge in [-0.05, 0) is 18.9 Å². The fourth-order valence-corrected chi connectivity index (χ4v) is 2.13. The predicted octanol–water partition coefficient (Wildman–Crippen LogP) is 2.98. The number of hydrogen-bond acceptors (Lipinski definition) is 2. The minimum atomic E-state index is -0.191. The zero-order valence-electron chi connectivity index (χ0n) is 9.72. The molecule has 1 amide bonds. The van der Waals surface area contributed by atoms with Crippen LogP contribution in [0.15, 0.2) is 30.3 Å². The molecule has 0 N–H and O–H groups in total. The van der Waals surface area contributed by atoms with Gasteiger partial charge in [0.2, 0.25) is 0 Å². The van der Waals surface area contributed by atoms with Crippen LogP contribution in [0.3, 0.4) is 0 Å². The fourth-order valence-electron chi connectivity index (χ4n) is 2.13. The van der Waals surface area contributed by atoms with Crippen LogP contribution >= 0.6 is 0 Å². The summed E-state index contributed by atoms with van der Waals surface area (Å²) in [5.74, 6) is 0. The van der Waals surface area contributed by atoms with Gasteiger partial charge in [-0.3, -0.25) is 0 Å². The first kappa shape index (κ1) is 11.0. The summed E-state index contributed by atoms with van der Waals surface area (Å²) in [7, 11) is 0. The molecule has 3 heteroatoms. The zero-order valence-corrected chi connectivity index (χ0v) is 9.72. The quantitative estimate of drug-likeness (QED) is 0.782. The van der Waals surface area contributed by atoms with Crippen LogP contribution in [0.1, 0.15) is 31.9 Å². The molecule has 0 spiro atoms. The average Bonchev–Trinajstić information content (AvgIpc) is 2.59. The predicted molar refractivity (Wildman–Crippen MR) is 62.1 cm³/mol. The van der Waals surface area contributed by atoms with Gasteiger partial charge in [-0.2, -0.15) is 0 Å². The summed E-state index contributed by atoms with van der Waals surface area (Å²) in [6, 6.07) is 10.0. The molecule has 1 saturated heterocycles. The largest absolute Gasteiger partial charge is 0.439 e. The van der Waals surface area contributed by atoms with Gasteiger partial charge < -0.3 is 9.64 Å². The van der Waals surface area contributed by atoms with E-state index in [9.17, 15) is 4.79 Å². The molecule has 86 valence electrons. The highest BCUT2D eigenvalue weighted by Gasteiger charge is 2.38. The van der Waals surface area contributed by atoms with Gasteiger partial charge in [0.25, 0.3) is 0 Å². The first-order valence-corrected chi connectivity index (χ1v) is 5.76. The average molecular weight is 219 g/mol. The number of nitrogens with zero attached hydrogens (tertiary/aromatic N) is 1. The van der Waals surface area contributed by atoms with E-state index in [-0.39, 0.29) is 18.2 Å². The second kappa shape index (κ2) is 4.56. The van der Waals surface area contributed by atoms with Gasteiger partial charge in [-0.15, -0.1) is 0 Å². The lowest BCUT2D eigenvalue weighted by Crippen LogP contribution is -2.32. The highest BCUT2D eigenvalue weighted by Crippen LogP contribution is 2.31. The van der Waals surface area contributed by atoms with Crippen LogP contribution in [0, 0.1) is 0 Å². The molecule has 0 aromatic heterocycles. The van der Waals surface area contributed by atoms with Crippen LogP contribution in [-0.4, -0.2) is 23.6 Å². The second-order valence-corrected chi connectivity index (χ2v) is 4.15. The standard InChI is InChI=1S/C13H17NO2/c1-3-9-14-10(2)12(16-13(14)15)11-7-5-4-6-8-11/h4-8,10,12H,3,9H2,1-2H3/t10-,12-/m0/s1. The van der Waals surface area contributed by atoms with E-state index in [1.807, 2.05) is 37.3 Å². The molecular formula is C13H17NO2. The Bertz CT molecular complexity index is 363. The van der Waals surface area contributed by atoms with Crippen molar-refractivity contribution in [3.05, 3.63) is 35.9 Å². The zero-order chi connectivity index (χ0) is 11.5. The molecule has 1 aliphatic rings. The van der Waals surface area contributed by atoms with Crippen molar-refractivity contribution in [1.82, 2.24) is 4.90 Å². The Morgan fingerprint density at radius 3 is 2.62 bits per heavy atom. The molecule has 2 rings (SSSR count). The van der Waals surface area contributed by atoms with E-state index >= 15 is 0 Å². The summed E-state index contributed by atoms with van der Waals surface area (Å²) in [5.41, 5.74) is 1.07. The maximum absolute atomic E-state index is 11.7. The van der Waals surface area contributed by atoms with Crippen LogP contribution in [0.5, 0.6) is 0 Å². The lowest BCUT2D eigenvalue weighted by molar-refractivity contribution is 0.130. The molecular weight excluding hydrogens is 202 g/mol. The number of benzene rings is 1. The van der Waals surface area contributed by atoms with Gasteiger partial charge in [0.1, 0.15) is 6.10 Å². The molecule has 1 heterocycles. The molecule has 0 aliphatic carbocycles. The van der Waals surface area contributed by atoms with Crippen molar-refractivity contribution in [3.63, 3.8) is 0 Å². The molecule has 16 heavy (non-hydrogen) atoms. The summed E-state index contributed by atoms with van der Waals surface area (Å²) in [6.45, 7) is 4.87. The highest BCUT2D eigenvalue weighted by atomic mass is 16.6. The summed E-state index contributed by atoms with van der Waals surface area (Å²) < 4.78 is 5.41. The van der Waals surface area contributed by atoms with Crippen molar-refractivity contribution in [3.8, 4) is 0 Å². The van der Waals surface area contributed by atoms with Crippen LogP contribution in [0.4, 0.5) is 4.79 Å². The van der Waals surface area contributed by atoms with Gasteiger partial charge in [0.15, 0.2) is 0 Å². The van der Waals surface area contributed by atoms with E-state index in [2.05, 4.69) is 6.92 Å². The molecule has 1 aromatic carbocycles. The van der Waals surface area contributed by atoms with Crippen molar-refractivity contribution in [2.45, 2.75) is 32.4 Å². The smallest absolute Gasteiger partial charge is 0.410 e. The summed E-state index contributed by atoms with van der Waals surface area (Å²) >= 11 is 0. The van der Waals surface area contributed by atoms with Gasteiger partial charge in [-0.25, -0.2) is 4.79 Å². The van der Waals surface area contributed by atoms with Crippen LogP contribution < -0.4 is 0 Å². The maximum atomic E-state index is 11.7. The number of amides is 1. The van der Waals surface area contributed by atoms with Crippen molar-refractivity contribution in [2.75, 3.05) is 6.54 Å². The van der Waals surface area contributed by atoms with Crippen molar-refractivity contribution in [2.24, 2.45) is 0 Å². The number of rotatable bonds is 3. The van der Waals surface area contributed by atoms with Gasteiger partial charge in [0.05, 0.1) is 6.04 Å². The Morgan fingerprint density at radius 1 is 1.31 bits per heavy atom. The number of carbonyl (C=O) groups is 1. The first-order chi connectivity index (χ1) is 7.74. The number of ether oxygens (including phenoxy) is 1. The molecule has 0 bridgehead atoms. The van der Waals surface area contributed by atoms with E-state index < -0.39 is 0 Å². The van der Waals surface area contributed by atoms with Crippen LogP contribution in [-0.2, 0) is 4.74 Å². The fraction of sp³-hybridized carbons (Fsp3) is 0.462. The maximum Gasteiger partial charge on any atom is 0.410 e. The van der Waals surface area contributed by atoms with Crippen molar-refractivity contribution < 1.29 is 9.53 Å². The van der Waals surface area contributed by atoms with Gasteiger partial charge in [0, 0.05) is 6.54 Å². The summed E-state index contributed by atoms with van der Waals surface area (Å²) in [6.07, 6.45) is 0.643. The molecule has 3 nitrogen and oxygen atoms in total. The molecule has 0 radical (unpaired) electrons. The lowest BCUT2D eigenvalue weighted by Gasteiger charge is -2.20. The minimum absolute atomic E-state index is 0.120. The summed E-state index contributed by atoms with van der Waals surface area (Å²) in [4.78, 5) is 13.5. The Labute approximate surface area is 96.0 Å². The van der Waals surface area contributed by atoms with E-state index in [0.29, 0.717) is 0 Å². The van der Waals surface area contributed by atoms with Gasteiger partial charge >= 0.3 is 6.09 Å². The molecule has 1 aliphatic heterocycles. The summed E-state index contributed by atoms with van der Waals surface area (Å²) in [5, 5.41) is 0. The minimum Gasteiger partial charge on any atom is -0.439 e. The Balaban J connectivity index is 2.17. The Morgan fingerprint density at radius 2 is 2.00 bits per heavy atom. The van der Waals surface area contributed by atoms with Crippen LogP contribution in [0.25, 0.3) is 0 Å². The Hall–Kier alpha value is -1.51.